The predicted molar refractivity (Wildman–Crippen MR) is 120 cm³/mol. The van der Waals surface area contributed by atoms with E-state index in [9.17, 15) is 9.18 Å². The van der Waals surface area contributed by atoms with Crippen molar-refractivity contribution >= 4 is 17.6 Å². The van der Waals surface area contributed by atoms with Crippen LogP contribution in [0.1, 0.15) is 35.3 Å². The van der Waals surface area contributed by atoms with Crippen molar-refractivity contribution in [3.8, 4) is 0 Å². The summed E-state index contributed by atoms with van der Waals surface area (Å²) in [4.78, 5) is 25.9. The van der Waals surface area contributed by atoms with E-state index >= 15 is 0 Å². The lowest BCUT2D eigenvalue weighted by atomic mass is 10.1. The van der Waals surface area contributed by atoms with Gasteiger partial charge in [-0.3, -0.25) is 9.79 Å². The molecule has 0 aromatic heterocycles. The van der Waals surface area contributed by atoms with E-state index in [2.05, 4.69) is 41.1 Å². The van der Waals surface area contributed by atoms with E-state index in [0.29, 0.717) is 31.6 Å². The molecular formula is C24H29FN4O. The van der Waals surface area contributed by atoms with Crippen molar-refractivity contribution in [2.45, 2.75) is 33.2 Å². The van der Waals surface area contributed by atoms with Gasteiger partial charge < -0.3 is 9.80 Å². The Morgan fingerprint density at radius 3 is 2.53 bits per heavy atom. The molecule has 0 saturated carbocycles. The zero-order valence-corrected chi connectivity index (χ0v) is 18.1. The maximum absolute atomic E-state index is 13.5. The lowest BCUT2D eigenvalue weighted by Crippen LogP contribution is -2.55. The largest absolute Gasteiger partial charge is 0.356 e. The first-order valence-electron chi connectivity index (χ1n) is 10.3. The highest BCUT2D eigenvalue weighted by Crippen LogP contribution is 2.16. The topological polar surface area (TPSA) is 48.3 Å². The van der Waals surface area contributed by atoms with E-state index in [0.717, 1.165) is 11.7 Å². The molecule has 158 valence electrons. The minimum Gasteiger partial charge on any atom is -0.356 e. The maximum atomic E-state index is 13.5. The van der Waals surface area contributed by atoms with Crippen LogP contribution in [0.3, 0.4) is 0 Å². The average molecular weight is 409 g/mol. The highest BCUT2D eigenvalue weighted by molar-refractivity contribution is 5.97. The third-order valence-electron chi connectivity index (χ3n) is 5.45. The summed E-state index contributed by atoms with van der Waals surface area (Å²) in [7, 11) is 1.76. The molecular weight excluding hydrogens is 379 g/mol. The fourth-order valence-corrected chi connectivity index (χ4v) is 3.66. The minimum atomic E-state index is -0.393. The maximum Gasteiger partial charge on any atom is 0.254 e. The molecule has 2 aromatic carbocycles. The molecule has 1 heterocycles. The molecule has 2 aromatic rings. The van der Waals surface area contributed by atoms with Gasteiger partial charge in [0.15, 0.2) is 0 Å². The van der Waals surface area contributed by atoms with Crippen molar-refractivity contribution in [1.29, 1.82) is 0 Å². The van der Waals surface area contributed by atoms with Crippen molar-refractivity contribution < 1.29 is 9.18 Å². The van der Waals surface area contributed by atoms with Crippen LogP contribution in [0.5, 0.6) is 0 Å². The van der Waals surface area contributed by atoms with Crippen molar-refractivity contribution in [3.63, 3.8) is 0 Å². The van der Waals surface area contributed by atoms with Crippen molar-refractivity contribution in [3.05, 3.63) is 71.0 Å². The molecule has 5 nitrogen and oxygen atoms in total. The van der Waals surface area contributed by atoms with Crippen molar-refractivity contribution in [2.75, 3.05) is 26.7 Å². The van der Waals surface area contributed by atoms with Gasteiger partial charge in [0.05, 0.1) is 0 Å². The number of hydrogen-bond acceptors (Lipinski definition) is 2. The molecule has 1 amide bonds. The molecule has 0 spiro atoms. The molecule has 1 saturated heterocycles. The zero-order chi connectivity index (χ0) is 21.7. The van der Waals surface area contributed by atoms with Gasteiger partial charge in [-0.15, -0.1) is 0 Å². The number of aliphatic imine (C=N–C) groups is 2. The van der Waals surface area contributed by atoms with Crippen LogP contribution in [0, 0.1) is 12.7 Å². The standard InChI is InChI=1S/C24H29FN4O/c1-17-8-10-20(11-9-17)14-23(26-4)27-19(3)28-12-13-29(18(2)16-28)24(30)21-6-5-7-22(25)15-21/h5-11,15,18H,12-14,16H2,1-4H3. The third kappa shape index (κ3) is 5.32. The Hall–Kier alpha value is -3.02. The normalized spacial score (nSPS) is 18.0. The molecule has 1 aliphatic heterocycles. The summed E-state index contributed by atoms with van der Waals surface area (Å²) in [5, 5.41) is 0. The van der Waals surface area contributed by atoms with Gasteiger partial charge in [0.1, 0.15) is 17.5 Å². The zero-order valence-electron chi connectivity index (χ0n) is 18.1. The Bertz CT molecular complexity index is 952. The first-order chi connectivity index (χ1) is 14.4. The van der Waals surface area contributed by atoms with Gasteiger partial charge in [0.2, 0.25) is 0 Å². The number of aryl methyl sites for hydroxylation is 1. The lowest BCUT2D eigenvalue weighted by Gasteiger charge is -2.40. The average Bonchev–Trinajstić information content (AvgIpc) is 2.74. The van der Waals surface area contributed by atoms with E-state index in [1.165, 1.54) is 23.3 Å². The Labute approximate surface area is 177 Å². The lowest BCUT2D eigenvalue weighted by molar-refractivity contribution is 0.0579. The smallest absolute Gasteiger partial charge is 0.254 e. The van der Waals surface area contributed by atoms with Gasteiger partial charge in [0.25, 0.3) is 5.91 Å². The Morgan fingerprint density at radius 1 is 1.17 bits per heavy atom. The van der Waals surface area contributed by atoms with Crippen molar-refractivity contribution in [2.24, 2.45) is 9.98 Å². The summed E-state index contributed by atoms with van der Waals surface area (Å²) in [5.74, 6) is 1.15. The quantitative estimate of drug-likeness (QED) is 0.570. The second kappa shape index (κ2) is 9.65. The first kappa shape index (κ1) is 21.7. The van der Waals surface area contributed by atoms with Crippen LogP contribution in [0.4, 0.5) is 4.39 Å². The molecule has 0 bridgehead atoms. The summed E-state index contributed by atoms with van der Waals surface area (Å²) in [6.07, 6.45) is 0.682. The summed E-state index contributed by atoms with van der Waals surface area (Å²) in [6, 6.07) is 14.3. The highest BCUT2D eigenvalue weighted by atomic mass is 19.1. The fourth-order valence-electron chi connectivity index (χ4n) is 3.66. The van der Waals surface area contributed by atoms with Crippen LogP contribution in [0.15, 0.2) is 58.5 Å². The van der Waals surface area contributed by atoms with Crippen LogP contribution < -0.4 is 0 Å². The number of carbonyl (C=O) groups excluding carboxylic acids is 1. The van der Waals surface area contributed by atoms with Crippen molar-refractivity contribution in [1.82, 2.24) is 9.80 Å². The number of hydrogen-bond donors (Lipinski definition) is 0. The first-order valence-corrected chi connectivity index (χ1v) is 10.3. The number of nitrogens with zero attached hydrogens (tertiary/aromatic N) is 4. The number of halogens is 1. The molecule has 0 N–H and O–H groups in total. The fraction of sp³-hybridized carbons (Fsp3) is 0.375. The molecule has 30 heavy (non-hydrogen) atoms. The van der Waals surface area contributed by atoms with Crippen LogP contribution in [-0.2, 0) is 6.42 Å². The summed E-state index contributed by atoms with van der Waals surface area (Å²) in [6.45, 7) is 8.00. The molecule has 3 rings (SSSR count). The number of amides is 1. The monoisotopic (exact) mass is 408 g/mol. The minimum absolute atomic E-state index is 0.00113. The number of benzene rings is 2. The van der Waals surface area contributed by atoms with Gasteiger partial charge in [0, 0.05) is 44.7 Å². The Kier molecular flexibility index (Phi) is 6.98. The second-order valence-corrected chi connectivity index (χ2v) is 7.77. The van der Waals surface area contributed by atoms with E-state index in [1.807, 2.05) is 13.8 Å². The SMILES string of the molecule is CN=C(Cc1ccc(C)cc1)N=C(C)N1CCN(C(=O)c2cccc(F)c2)C(C)C1. The van der Waals surface area contributed by atoms with E-state index < -0.39 is 5.82 Å². The molecule has 0 radical (unpaired) electrons. The number of rotatable bonds is 3. The molecule has 6 heteroatoms. The van der Waals surface area contributed by atoms with Gasteiger partial charge in [-0.05, 0) is 44.5 Å². The predicted octanol–water partition coefficient (Wildman–Crippen LogP) is 3.97. The van der Waals surface area contributed by atoms with Gasteiger partial charge in [-0.1, -0.05) is 35.9 Å². The summed E-state index contributed by atoms with van der Waals surface area (Å²) < 4.78 is 13.5. The third-order valence-corrected chi connectivity index (χ3v) is 5.45. The molecule has 1 unspecified atom stereocenters. The van der Waals surface area contributed by atoms with E-state index in [1.54, 1.807) is 24.1 Å². The Morgan fingerprint density at radius 2 is 1.90 bits per heavy atom. The van der Waals surface area contributed by atoms with E-state index in [-0.39, 0.29) is 11.9 Å². The highest BCUT2D eigenvalue weighted by Gasteiger charge is 2.28. The number of piperazine rings is 1. The van der Waals surface area contributed by atoms with Gasteiger partial charge in [-0.25, -0.2) is 9.38 Å². The number of amidine groups is 2. The molecule has 1 fully saturated rings. The van der Waals surface area contributed by atoms with Gasteiger partial charge >= 0.3 is 0 Å². The second-order valence-electron chi connectivity index (χ2n) is 7.77. The summed E-state index contributed by atoms with van der Waals surface area (Å²) >= 11 is 0. The van der Waals surface area contributed by atoms with Crippen LogP contribution in [0.2, 0.25) is 0 Å². The van der Waals surface area contributed by atoms with E-state index in [4.69, 9.17) is 4.99 Å². The molecule has 1 atom stereocenters. The number of carbonyl (C=O) groups is 1. The van der Waals surface area contributed by atoms with Crippen LogP contribution in [-0.4, -0.2) is 60.1 Å². The molecule has 1 aliphatic rings. The van der Waals surface area contributed by atoms with Crippen LogP contribution >= 0.6 is 0 Å². The van der Waals surface area contributed by atoms with Gasteiger partial charge in [-0.2, -0.15) is 0 Å². The summed E-state index contributed by atoms with van der Waals surface area (Å²) in [5.41, 5.74) is 2.80. The Balaban J connectivity index is 1.64. The van der Waals surface area contributed by atoms with Crippen LogP contribution in [0.25, 0.3) is 0 Å². The molecule has 0 aliphatic carbocycles.